The number of carbonyl (C=O) groups excluding carboxylic acids is 1. The molecular weight excluding hydrogens is 256 g/mol. The lowest BCUT2D eigenvalue weighted by Gasteiger charge is -1.95. The minimum atomic E-state index is -1.35. The number of carboxylic acid groups (broad SMARTS) is 1. The average molecular weight is 268 g/mol. The largest absolute Gasteiger partial charge is 0.545 e. The third kappa shape index (κ3) is 7.01. The lowest BCUT2D eigenvalue weighted by atomic mass is 10.2. The summed E-state index contributed by atoms with van der Waals surface area (Å²) in [6.07, 6.45) is 0. The maximum atomic E-state index is 10.3. The molecule has 2 aromatic carbocycles. The monoisotopic (exact) mass is 268 g/mol. The zero-order chi connectivity index (χ0) is 14.5. The van der Waals surface area contributed by atoms with Crippen LogP contribution in [-0.4, -0.2) is 5.97 Å². The number of hydrogen-bond donors (Lipinski definition) is 0. The van der Waals surface area contributed by atoms with E-state index in [2.05, 4.69) is 17.1 Å². The molecule has 0 heterocycles. The summed E-state index contributed by atoms with van der Waals surface area (Å²) in [6, 6.07) is 18.8. The van der Waals surface area contributed by atoms with Gasteiger partial charge in [0.05, 0.1) is 11.5 Å². The van der Waals surface area contributed by atoms with Crippen molar-refractivity contribution in [3.63, 3.8) is 0 Å². The summed E-state index contributed by atoms with van der Waals surface area (Å²) < 4.78 is 0. The first-order valence-electron chi connectivity index (χ1n) is 4.94. The quantitative estimate of drug-likeness (QED) is 0.736. The van der Waals surface area contributed by atoms with Crippen LogP contribution in [0.2, 0.25) is 0 Å². The Balaban J connectivity index is 0. The summed E-state index contributed by atoms with van der Waals surface area (Å²) in [6.45, 7) is 0. The maximum Gasteiger partial charge on any atom is 0.394 e. The number of rotatable bonds is 1. The molecule has 0 atom stereocenters. The Bertz CT molecular complexity index is 535. The van der Waals surface area contributed by atoms with E-state index in [1.807, 2.05) is 24.3 Å². The van der Waals surface area contributed by atoms with Crippen molar-refractivity contribution in [1.29, 1.82) is 16.2 Å². The van der Waals surface area contributed by atoms with Crippen LogP contribution in [0.15, 0.2) is 48.5 Å². The predicted octanol–water partition coefficient (Wildman–Crippen LogP) is 2.49. The van der Waals surface area contributed by atoms with Gasteiger partial charge in [-0.2, -0.15) is 0 Å². The summed E-state index contributed by atoms with van der Waals surface area (Å²) >= 11 is 0. The fourth-order valence-electron chi connectivity index (χ4n) is 1.04. The zero-order valence-electron chi connectivity index (χ0n) is 9.72. The molecule has 0 aliphatic heterocycles. The van der Waals surface area contributed by atoms with Gasteiger partial charge in [0, 0.05) is 16.9 Å². The van der Waals surface area contributed by atoms with E-state index >= 15 is 0 Å². The topological polar surface area (TPSA) is 116 Å². The number of diazo groups is 1. The number of hydrogen-bond acceptors (Lipinski definition) is 5. The van der Waals surface area contributed by atoms with Crippen LogP contribution in [0.1, 0.15) is 17.8 Å². The third-order valence-corrected chi connectivity index (χ3v) is 1.79. The molecule has 0 bridgehead atoms. The highest BCUT2D eigenvalue weighted by Crippen LogP contribution is 2.16. The van der Waals surface area contributed by atoms with Gasteiger partial charge in [0.1, 0.15) is 0 Å². The SMILES string of the molecule is C.N#N.N#[N+]c1ccccc1C(=O)[O-].c1ccccc#1. The molecule has 0 unspecified atom stereocenters. The summed E-state index contributed by atoms with van der Waals surface area (Å²) in [5.74, 6) is -1.35. The Morgan fingerprint density at radius 2 is 1.55 bits per heavy atom. The van der Waals surface area contributed by atoms with Crippen molar-refractivity contribution in [1.82, 2.24) is 0 Å². The average Bonchev–Trinajstić information content (AvgIpc) is 2.51. The lowest BCUT2D eigenvalue weighted by Crippen LogP contribution is -2.22. The molecule has 6 heteroatoms. The van der Waals surface area contributed by atoms with E-state index in [4.69, 9.17) is 16.2 Å². The van der Waals surface area contributed by atoms with Gasteiger partial charge in [0.15, 0.2) is 4.98 Å². The molecule has 0 aromatic heterocycles. The zero-order valence-corrected chi connectivity index (χ0v) is 9.72. The molecule has 0 aliphatic carbocycles. The van der Waals surface area contributed by atoms with Crippen molar-refractivity contribution in [3.8, 4) is 0 Å². The van der Waals surface area contributed by atoms with Crippen LogP contribution in [0.3, 0.4) is 0 Å². The van der Waals surface area contributed by atoms with Crippen LogP contribution >= 0.6 is 0 Å². The van der Waals surface area contributed by atoms with E-state index < -0.39 is 5.97 Å². The molecule has 0 radical (unpaired) electrons. The van der Waals surface area contributed by atoms with E-state index in [1.165, 1.54) is 18.2 Å². The van der Waals surface area contributed by atoms with E-state index in [0.717, 1.165) is 0 Å². The van der Waals surface area contributed by atoms with Crippen molar-refractivity contribution < 1.29 is 9.90 Å². The molecule has 0 fully saturated rings. The third-order valence-electron chi connectivity index (χ3n) is 1.79. The van der Waals surface area contributed by atoms with Gasteiger partial charge < -0.3 is 9.90 Å². The van der Waals surface area contributed by atoms with Gasteiger partial charge in [0.25, 0.3) is 0 Å². The lowest BCUT2D eigenvalue weighted by molar-refractivity contribution is -0.254. The maximum absolute atomic E-state index is 10.3. The van der Waals surface area contributed by atoms with E-state index in [-0.39, 0.29) is 18.7 Å². The minimum Gasteiger partial charge on any atom is -0.545 e. The molecular formula is C14H12N4O2. The molecule has 2 rings (SSSR count). The first kappa shape index (κ1) is 18.9. The molecule has 0 amide bonds. The second-order valence-corrected chi connectivity index (χ2v) is 2.91. The van der Waals surface area contributed by atoms with Crippen molar-refractivity contribution in [2.24, 2.45) is 0 Å². The summed E-state index contributed by atoms with van der Waals surface area (Å²) in [7, 11) is 0. The van der Waals surface area contributed by atoms with Crippen LogP contribution in [0.25, 0.3) is 4.98 Å². The highest BCUT2D eigenvalue weighted by atomic mass is 16.4. The molecule has 20 heavy (non-hydrogen) atoms. The van der Waals surface area contributed by atoms with Crippen molar-refractivity contribution in [2.75, 3.05) is 0 Å². The fraction of sp³-hybridized carbons (Fsp3) is 0.0714. The molecule has 0 saturated heterocycles. The Morgan fingerprint density at radius 1 is 1.05 bits per heavy atom. The minimum absolute atomic E-state index is 0. The molecule has 2 aromatic rings. The van der Waals surface area contributed by atoms with Crippen LogP contribution < -0.4 is 5.11 Å². The number of benzene rings is 1. The molecule has 0 N–H and O–H groups in total. The summed E-state index contributed by atoms with van der Waals surface area (Å²) in [4.78, 5) is 13.1. The second-order valence-electron chi connectivity index (χ2n) is 2.91. The van der Waals surface area contributed by atoms with Gasteiger partial charge in [-0.1, -0.05) is 43.8 Å². The smallest absolute Gasteiger partial charge is 0.394 e. The van der Waals surface area contributed by atoms with Gasteiger partial charge in [-0.05, 0) is 18.2 Å². The van der Waals surface area contributed by atoms with Crippen LogP contribution in [0.5, 0.6) is 0 Å². The molecule has 0 spiro atoms. The van der Waals surface area contributed by atoms with Crippen LogP contribution in [-0.2, 0) is 0 Å². The molecule has 0 aliphatic rings. The number of nitrogens with zero attached hydrogens (tertiary/aromatic N) is 4. The Morgan fingerprint density at radius 3 is 1.85 bits per heavy atom. The van der Waals surface area contributed by atoms with Gasteiger partial charge in [-0.25, -0.2) is 0 Å². The van der Waals surface area contributed by atoms with Crippen molar-refractivity contribution in [3.05, 3.63) is 71.2 Å². The number of carboxylic acids is 1. The first-order valence-corrected chi connectivity index (χ1v) is 4.94. The standard InChI is InChI=1S/C7H4N2O2.C6H4.CH4.N2/c8-9-6-4-2-1-3-5(6)7(10)11;1-2-4-6-5-3-1;;1-2/h1-4H;1-4H;1H4;. The van der Waals surface area contributed by atoms with Gasteiger partial charge >= 0.3 is 5.69 Å². The summed E-state index contributed by atoms with van der Waals surface area (Å²) in [5.41, 5.74) is -0.109. The Kier molecular flexibility index (Phi) is 11.4. The Hall–Kier alpha value is -3.43. The molecule has 0 saturated carbocycles. The normalized spacial score (nSPS) is 6.85. The molecule has 100 valence electrons. The fourth-order valence-corrected chi connectivity index (χ4v) is 1.04. The molecule has 6 nitrogen and oxygen atoms in total. The van der Waals surface area contributed by atoms with E-state index in [0.29, 0.717) is 0 Å². The van der Waals surface area contributed by atoms with Gasteiger partial charge in [-0.3, -0.25) is 0 Å². The number of carbonyl (C=O) groups is 1. The number of aromatic carboxylic acids is 1. The highest BCUT2D eigenvalue weighted by molar-refractivity contribution is 5.92. The Labute approximate surface area is 117 Å². The predicted molar refractivity (Wildman–Crippen MR) is 69.8 cm³/mol. The highest BCUT2D eigenvalue weighted by Gasteiger charge is 2.11. The van der Waals surface area contributed by atoms with Crippen LogP contribution in [0.4, 0.5) is 5.69 Å². The van der Waals surface area contributed by atoms with Crippen molar-refractivity contribution >= 4 is 11.7 Å². The van der Waals surface area contributed by atoms with Gasteiger partial charge in [0.2, 0.25) is 5.39 Å². The van der Waals surface area contributed by atoms with Crippen LogP contribution in [0, 0.1) is 28.3 Å². The van der Waals surface area contributed by atoms with Crippen molar-refractivity contribution in [2.45, 2.75) is 7.43 Å². The first-order chi connectivity index (χ1) is 9.25. The van der Waals surface area contributed by atoms with E-state index in [1.54, 1.807) is 6.07 Å². The van der Waals surface area contributed by atoms with E-state index in [9.17, 15) is 9.90 Å². The van der Waals surface area contributed by atoms with Gasteiger partial charge in [-0.15, -0.1) is 0 Å². The summed E-state index contributed by atoms with van der Waals surface area (Å²) in [5, 5.41) is 30.6. The second kappa shape index (κ2) is 12.0.